The smallest absolute Gasteiger partial charge is 0.170 e. The number of thiocarbonyl (C=S) groups is 1. The molecular formula is C22H21BrFN3O2S. The Kier molecular flexibility index (Phi) is 6.46. The summed E-state index contributed by atoms with van der Waals surface area (Å²) in [7, 11) is 1.69. The van der Waals surface area contributed by atoms with Gasteiger partial charge in [0.2, 0.25) is 0 Å². The van der Waals surface area contributed by atoms with E-state index in [4.69, 9.17) is 21.4 Å². The first-order valence-corrected chi connectivity index (χ1v) is 10.8. The number of furan rings is 1. The normalized spacial score (nSPS) is 18.6. The highest BCUT2D eigenvalue weighted by Crippen LogP contribution is 2.41. The Morgan fingerprint density at radius 3 is 2.87 bits per heavy atom. The summed E-state index contributed by atoms with van der Waals surface area (Å²) in [4.78, 5) is 6.65. The molecule has 156 valence electrons. The topological polar surface area (TPSA) is 50.5 Å². The van der Waals surface area contributed by atoms with Gasteiger partial charge in [-0.2, -0.15) is 0 Å². The Hall–Kier alpha value is -2.29. The molecule has 4 rings (SSSR count). The van der Waals surface area contributed by atoms with Crippen LogP contribution < -0.4 is 5.32 Å². The quantitative estimate of drug-likeness (QED) is 0.361. The molecule has 1 aliphatic rings. The third kappa shape index (κ3) is 4.26. The van der Waals surface area contributed by atoms with Gasteiger partial charge in [0, 0.05) is 36.5 Å². The molecule has 1 N–H and O–H groups in total. The zero-order valence-electron chi connectivity index (χ0n) is 16.3. The van der Waals surface area contributed by atoms with Gasteiger partial charge in [-0.25, -0.2) is 4.39 Å². The van der Waals surface area contributed by atoms with Crippen molar-refractivity contribution in [1.82, 2.24) is 15.2 Å². The van der Waals surface area contributed by atoms with E-state index in [1.54, 1.807) is 19.4 Å². The van der Waals surface area contributed by atoms with E-state index in [9.17, 15) is 4.39 Å². The largest absolute Gasteiger partial charge is 0.459 e. The molecule has 30 heavy (non-hydrogen) atoms. The first kappa shape index (κ1) is 21.0. The van der Waals surface area contributed by atoms with Crippen LogP contribution in [0.25, 0.3) is 11.3 Å². The highest BCUT2D eigenvalue weighted by atomic mass is 79.9. The minimum Gasteiger partial charge on any atom is -0.459 e. The number of benzene rings is 1. The van der Waals surface area contributed by atoms with Crippen molar-refractivity contribution in [3.63, 3.8) is 0 Å². The van der Waals surface area contributed by atoms with E-state index in [0.717, 1.165) is 30.0 Å². The second-order valence-electron chi connectivity index (χ2n) is 6.99. The van der Waals surface area contributed by atoms with Crippen molar-refractivity contribution < 1.29 is 13.5 Å². The van der Waals surface area contributed by atoms with Crippen LogP contribution >= 0.6 is 28.1 Å². The fourth-order valence-electron chi connectivity index (χ4n) is 3.68. The number of rotatable bonds is 7. The number of nitrogens with zero attached hydrogens (tertiary/aromatic N) is 2. The Morgan fingerprint density at radius 2 is 2.13 bits per heavy atom. The lowest BCUT2D eigenvalue weighted by atomic mass is 10.0. The SMILES string of the molecule is COCCCN1C(=S)NC(c2ccccn2)C1c1ccc(-c2ccc(F)cc2Br)o1. The summed E-state index contributed by atoms with van der Waals surface area (Å²) in [6, 6.07) is 13.9. The fraction of sp³-hybridized carbons (Fsp3) is 0.273. The number of aromatic nitrogens is 1. The molecule has 5 nitrogen and oxygen atoms in total. The zero-order valence-corrected chi connectivity index (χ0v) is 18.7. The van der Waals surface area contributed by atoms with Crippen LogP contribution in [0.2, 0.25) is 0 Å². The van der Waals surface area contributed by atoms with Crippen molar-refractivity contribution >= 4 is 33.3 Å². The lowest BCUT2D eigenvalue weighted by Gasteiger charge is -2.26. The van der Waals surface area contributed by atoms with Crippen LogP contribution in [-0.4, -0.2) is 35.3 Å². The third-order valence-electron chi connectivity index (χ3n) is 5.06. The molecule has 0 aliphatic carbocycles. The Bertz CT molecular complexity index is 1030. The number of hydrogen-bond acceptors (Lipinski definition) is 4. The van der Waals surface area contributed by atoms with E-state index in [0.29, 0.717) is 22.0 Å². The zero-order chi connectivity index (χ0) is 21.1. The molecule has 0 saturated carbocycles. The molecule has 2 aromatic heterocycles. The molecule has 3 heterocycles. The summed E-state index contributed by atoms with van der Waals surface area (Å²) in [6.45, 7) is 1.37. The van der Waals surface area contributed by atoms with Crippen LogP contribution in [0.3, 0.4) is 0 Å². The van der Waals surface area contributed by atoms with Gasteiger partial charge in [-0.1, -0.05) is 6.07 Å². The van der Waals surface area contributed by atoms with Gasteiger partial charge in [0.15, 0.2) is 5.11 Å². The van der Waals surface area contributed by atoms with Gasteiger partial charge in [0.25, 0.3) is 0 Å². The Balaban J connectivity index is 1.69. The summed E-state index contributed by atoms with van der Waals surface area (Å²) in [5.41, 5.74) is 1.68. The Morgan fingerprint density at radius 1 is 1.27 bits per heavy atom. The monoisotopic (exact) mass is 489 g/mol. The highest BCUT2D eigenvalue weighted by molar-refractivity contribution is 9.10. The van der Waals surface area contributed by atoms with Gasteiger partial charge in [0.1, 0.15) is 23.4 Å². The highest BCUT2D eigenvalue weighted by Gasteiger charge is 2.41. The van der Waals surface area contributed by atoms with E-state index < -0.39 is 0 Å². The molecule has 0 radical (unpaired) electrons. The number of hydrogen-bond donors (Lipinski definition) is 1. The summed E-state index contributed by atoms with van der Waals surface area (Å²) in [6.07, 6.45) is 2.61. The first-order chi connectivity index (χ1) is 14.6. The molecule has 0 spiro atoms. The summed E-state index contributed by atoms with van der Waals surface area (Å²) in [5, 5.41) is 4.06. The summed E-state index contributed by atoms with van der Waals surface area (Å²) in [5.74, 6) is 1.12. The van der Waals surface area contributed by atoms with E-state index in [-0.39, 0.29) is 17.9 Å². The lowest BCUT2D eigenvalue weighted by Crippen LogP contribution is -2.31. The van der Waals surface area contributed by atoms with E-state index in [2.05, 4.69) is 31.1 Å². The molecular weight excluding hydrogens is 469 g/mol. The number of pyridine rings is 1. The standard InChI is InChI=1S/C22H21BrFN3O2S/c1-28-12-4-11-27-21(20(26-22(27)30)17-5-2-3-10-25-17)19-9-8-18(29-19)15-7-6-14(24)13-16(15)23/h2-3,5-10,13,20-21H,4,11-12H2,1H3,(H,26,30). The van der Waals surface area contributed by atoms with Gasteiger partial charge in [-0.05, 0) is 77.0 Å². The van der Waals surface area contributed by atoms with Crippen LogP contribution in [-0.2, 0) is 4.74 Å². The first-order valence-electron chi connectivity index (χ1n) is 9.60. The number of nitrogens with one attached hydrogen (secondary N) is 1. The average molecular weight is 490 g/mol. The minimum atomic E-state index is -0.303. The van der Waals surface area contributed by atoms with Gasteiger partial charge in [-0.15, -0.1) is 0 Å². The van der Waals surface area contributed by atoms with Gasteiger partial charge >= 0.3 is 0 Å². The van der Waals surface area contributed by atoms with Gasteiger partial charge < -0.3 is 19.4 Å². The van der Waals surface area contributed by atoms with Crippen LogP contribution in [0.15, 0.2) is 63.6 Å². The third-order valence-corrected chi connectivity index (χ3v) is 6.07. The van der Waals surface area contributed by atoms with Crippen LogP contribution in [0.1, 0.15) is 30.0 Å². The van der Waals surface area contributed by atoms with Crippen molar-refractivity contribution in [3.05, 3.63) is 76.5 Å². The van der Waals surface area contributed by atoms with Gasteiger partial charge in [-0.3, -0.25) is 4.98 Å². The summed E-state index contributed by atoms with van der Waals surface area (Å²) < 4.78 is 25.6. The van der Waals surface area contributed by atoms with Crippen molar-refractivity contribution in [2.45, 2.75) is 18.5 Å². The molecule has 8 heteroatoms. The van der Waals surface area contributed by atoms with E-state index >= 15 is 0 Å². The molecule has 0 bridgehead atoms. The number of methoxy groups -OCH3 is 1. The molecule has 1 aromatic carbocycles. The van der Waals surface area contributed by atoms with Crippen molar-refractivity contribution in [2.24, 2.45) is 0 Å². The maximum absolute atomic E-state index is 13.5. The predicted molar refractivity (Wildman–Crippen MR) is 120 cm³/mol. The van der Waals surface area contributed by atoms with Crippen molar-refractivity contribution in [2.75, 3.05) is 20.3 Å². The minimum absolute atomic E-state index is 0.142. The second kappa shape index (κ2) is 9.24. The van der Waals surface area contributed by atoms with Crippen LogP contribution in [0.4, 0.5) is 4.39 Å². The van der Waals surface area contributed by atoms with E-state index in [1.807, 2.05) is 30.3 Å². The van der Waals surface area contributed by atoms with Crippen molar-refractivity contribution in [3.8, 4) is 11.3 Å². The van der Waals surface area contributed by atoms with Crippen molar-refractivity contribution in [1.29, 1.82) is 0 Å². The van der Waals surface area contributed by atoms with Crippen LogP contribution in [0.5, 0.6) is 0 Å². The Labute approximate surface area is 188 Å². The molecule has 0 amide bonds. The molecule has 1 aliphatic heterocycles. The fourth-order valence-corrected chi connectivity index (χ4v) is 4.56. The maximum Gasteiger partial charge on any atom is 0.170 e. The van der Waals surface area contributed by atoms with Gasteiger partial charge in [0.05, 0.1) is 11.7 Å². The van der Waals surface area contributed by atoms with E-state index in [1.165, 1.54) is 12.1 Å². The molecule has 2 unspecified atom stereocenters. The number of halogens is 2. The molecule has 2 atom stereocenters. The molecule has 1 fully saturated rings. The maximum atomic E-state index is 13.5. The lowest BCUT2D eigenvalue weighted by molar-refractivity contribution is 0.177. The summed E-state index contributed by atoms with van der Waals surface area (Å²) >= 11 is 9.06. The number of ether oxygens (including phenoxy) is 1. The average Bonchev–Trinajstić information content (AvgIpc) is 3.34. The second-order valence-corrected chi connectivity index (χ2v) is 8.23. The molecule has 3 aromatic rings. The predicted octanol–water partition coefficient (Wildman–Crippen LogP) is 5.25. The van der Waals surface area contributed by atoms with Crippen LogP contribution in [0, 0.1) is 5.82 Å². The molecule has 1 saturated heterocycles.